The Kier molecular flexibility index (Phi) is 3.20. The predicted molar refractivity (Wildman–Crippen MR) is 67.2 cm³/mol. The summed E-state index contributed by atoms with van der Waals surface area (Å²) in [5.74, 6) is -0.401. The highest BCUT2D eigenvalue weighted by Crippen LogP contribution is 2.29. The number of rotatable bonds is 2. The van der Waals surface area contributed by atoms with Crippen molar-refractivity contribution in [1.29, 1.82) is 0 Å². The van der Waals surface area contributed by atoms with Crippen LogP contribution in [0.4, 0.5) is 5.69 Å². The molecule has 0 bridgehead atoms. The van der Waals surface area contributed by atoms with Crippen LogP contribution in [0.1, 0.15) is 17.5 Å². The standard InChI is InChI=1S/C13H14ClNO2/c1-8-3-4-9(2)11(5-8)15-7-10(13(14)17)6-12(15)16/h3-5,10H,6-7H2,1-2H3. The van der Waals surface area contributed by atoms with E-state index < -0.39 is 5.24 Å². The van der Waals surface area contributed by atoms with Crippen molar-refractivity contribution < 1.29 is 9.59 Å². The smallest absolute Gasteiger partial charge is 0.227 e. The lowest BCUT2D eigenvalue weighted by Gasteiger charge is -2.19. The summed E-state index contributed by atoms with van der Waals surface area (Å²) in [4.78, 5) is 24.6. The van der Waals surface area contributed by atoms with E-state index >= 15 is 0 Å². The minimum atomic E-state index is -0.425. The van der Waals surface area contributed by atoms with Gasteiger partial charge in [0.1, 0.15) is 0 Å². The molecule has 0 aromatic heterocycles. The first-order chi connectivity index (χ1) is 7.99. The number of anilines is 1. The Bertz CT molecular complexity index is 484. The van der Waals surface area contributed by atoms with E-state index in [0.29, 0.717) is 6.54 Å². The van der Waals surface area contributed by atoms with Crippen LogP contribution in [0, 0.1) is 19.8 Å². The molecular weight excluding hydrogens is 238 g/mol. The van der Waals surface area contributed by atoms with Crippen molar-refractivity contribution in [3.63, 3.8) is 0 Å². The topological polar surface area (TPSA) is 37.4 Å². The average Bonchev–Trinajstić information content (AvgIpc) is 2.64. The molecule has 90 valence electrons. The zero-order valence-corrected chi connectivity index (χ0v) is 10.6. The molecule has 1 amide bonds. The van der Waals surface area contributed by atoms with Crippen molar-refractivity contribution in [2.75, 3.05) is 11.4 Å². The number of carbonyl (C=O) groups excluding carboxylic acids is 2. The second-order valence-corrected chi connectivity index (χ2v) is 4.87. The summed E-state index contributed by atoms with van der Waals surface area (Å²) in [7, 11) is 0. The fourth-order valence-electron chi connectivity index (χ4n) is 2.10. The normalized spacial score (nSPS) is 19.8. The molecule has 1 aromatic carbocycles. The Morgan fingerprint density at radius 1 is 1.41 bits per heavy atom. The number of aryl methyl sites for hydroxylation is 2. The molecule has 1 heterocycles. The fraction of sp³-hybridized carbons (Fsp3) is 0.385. The minimum Gasteiger partial charge on any atom is -0.311 e. The minimum absolute atomic E-state index is 0.0299. The van der Waals surface area contributed by atoms with E-state index in [9.17, 15) is 9.59 Å². The molecule has 1 saturated heterocycles. The van der Waals surface area contributed by atoms with Crippen LogP contribution in [-0.4, -0.2) is 17.7 Å². The highest BCUT2D eigenvalue weighted by molar-refractivity contribution is 6.64. The summed E-state index contributed by atoms with van der Waals surface area (Å²) in [5, 5.41) is -0.425. The molecule has 1 unspecified atom stereocenters. The molecule has 0 saturated carbocycles. The van der Waals surface area contributed by atoms with Crippen LogP contribution in [0.15, 0.2) is 18.2 Å². The van der Waals surface area contributed by atoms with Gasteiger partial charge in [-0.1, -0.05) is 12.1 Å². The number of amides is 1. The van der Waals surface area contributed by atoms with E-state index in [1.54, 1.807) is 4.90 Å². The Hall–Kier alpha value is -1.35. The lowest BCUT2D eigenvalue weighted by Crippen LogP contribution is -2.26. The number of halogens is 1. The number of nitrogens with zero attached hydrogens (tertiary/aromatic N) is 1. The second-order valence-electron chi connectivity index (χ2n) is 4.50. The molecule has 1 fully saturated rings. The van der Waals surface area contributed by atoms with Crippen molar-refractivity contribution in [3.05, 3.63) is 29.3 Å². The highest BCUT2D eigenvalue weighted by Gasteiger charge is 2.34. The number of hydrogen-bond acceptors (Lipinski definition) is 2. The van der Waals surface area contributed by atoms with Crippen LogP contribution in [0.3, 0.4) is 0 Å². The molecule has 0 N–H and O–H groups in total. The van der Waals surface area contributed by atoms with Gasteiger partial charge in [0.25, 0.3) is 0 Å². The van der Waals surface area contributed by atoms with E-state index in [2.05, 4.69) is 0 Å². The van der Waals surface area contributed by atoms with E-state index in [-0.39, 0.29) is 18.2 Å². The molecule has 0 spiro atoms. The van der Waals surface area contributed by atoms with Crippen molar-refractivity contribution in [2.45, 2.75) is 20.3 Å². The molecule has 0 aliphatic carbocycles. The first-order valence-electron chi connectivity index (χ1n) is 5.56. The molecular formula is C13H14ClNO2. The third kappa shape index (κ3) is 2.34. The number of benzene rings is 1. The predicted octanol–water partition coefficient (Wildman–Crippen LogP) is 2.42. The molecule has 1 aliphatic rings. The lowest BCUT2D eigenvalue weighted by atomic mass is 10.1. The lowest BCUT2D eigenvalue weighted by molar-refractivity contribution is -0.120. The van der Waals surface area contributed by atoms with Crippen molar-refractivity contribution >= 4 is 28.4 Å². The second kappa shape index (κ2) is 4.49. The zero-order chi connectivity index (χ0) is 12.6. The fourth-order valence-corrected chi connectivity index (χ4v) is 2.25. The van der Waals surface area contributed by atoms with Gasteiger partial charge in [-0.3, -0.25) is 9.59 Å². The number of carbonyl (C=O) groups is 2. The third-order valence-corrected chi connectivity index (χ3v) is 3.41. The molecule has 17 heavy (non-hydrogen) atoms. The quantitative estimate of drug-likeness (QED) is 0.757. The van der Waals surface area contributed by atoms with Crippen LogP contribution in [0.2, 0.25) is 0 Å². The summed E-state index contributed by atoms with van der Waals surface area (Å²) in [6.45, 7) is 4.33. The van der Waals surface area contributed by atoms with Gasteiger partial charge in [-0.15, -0.1) is 0 Å². The Morgan fingerprint density at radius 3 is 2.71 bits per heavy atom. The maximum atomic E-state index is 11.9. The largest absolute Gasteiger partial charge is 0.311 e. The van der Waals surface area contributed by atoms with Crippen LogP contribution < -0.4 is 4.90 Å². The third-order valence-electron chi connectivity index (χ3n) is 3.10. The van der Waals surface area contributed by atoms with Crippen molar-refractivity contribution in [3.8, 4) is 0 Å². The van der Waals surface area contributed by atoms with Crippen molar-refractivity contribution in [1.82, 2.24) is 0 Å². The summed E-state index contributed by atoms with van der Waals surface area (Å²) < 4.78 is 0. The maximum Gasteiger partial charge on any atom is 0.227 e. The van der Waals surface area contributed by atoms with Crippen LogP contribution >= 0.6 is 11.6 Å². The van der Waals surface area contributed by atoms with Gasteiger partial charge in [0, 0.05) is 18.7 Å². The number of hydrogen-bond donors (Lipinski definition) is 0. The van der Waals surface area contributed by atoms with E-state index in [1.807, 2.05) is 32.0 Å². The zero-order valence-electron chi connectivity index (χ0n) is 9.87. The van der Waals surface area contributed by atoms with Gasteiger partial charge in [-0.2, -0.15) is 0 Å². The Balaban J connectivity index is 2.32. The molecule has 1 aromatic rings. The Morgan fingerprint density at radius 2 is 2.12 bits per heavy atom. The van der Waals surface area contributed by atoms with Crippen LogP contribution in [-0.2, 0) is 9.59 Å². The molecule has 4 heteroatoms. The van der Waals surface area contributed by atoms with Gasteiger partial charge in [0.2, 0.25) is 11.1 Å². The summed E-state index contributed by atoms with van der Waals surface area (Å²) in [6, 6.07) is 5.95. The summed E-state index contributed by atoms with van der Waals surface area (Å²) in [5.41, 5.74) is 3.01. The van der Waals surface area contributed by atoms with Gasteiger partial charge in [-0.05, 0) is 42.6 Å². The van der Waals surface area contributed by atoms with Gasteiger partial charge in [0.15, 0.2) is 0 Å². The Labute approximate surface area is 105 Å². The van der Waals surface area contributed by atoms with Crippen molar-refractivity contribution in [2.24, 2.45) is 5.92 Å². The van der Waals surface area contributed by atoms with E-state index in [0.717, 1.165) is 16.8 Å². The van der Waals surface area contributed by atoms with Gasteiger partial charge >= 0.3 is 0 Å². The molecule has 2 rings (SSSR count). The first-order valence-corrected chi connectivity index (χ1v) is 5.94. The van der Waals surface area contributed by atoms with E-state index in [4.69, 9.17) is 11.6 Å². The molecule has 3 nitrogen and oxygen atoms in total. The SMILES string of the molecule is Cc1ccc(C)c(N2CC(C(=O)Cl)CC2=O)c1. The molecule has 1 aliphatic heterocycles. The van der Waals surface area contributed by atoms with Gasteiger partial charge in [-0.25, -0.2) is 0 Å². The first kappa shape index (κ1) is 12.1. The maximum absolute atomic E-state index is 11.9. The summed E-state index contributed by atoms with van der Waals surface area (Å²) >= 11 is 5.46. The van der Waals surface area contributed by atoms with E-state index in [1.165, 1.54) is 0 Å². The highest BCUT2D eigenvalue weighted by atomic mass is 35.5. The van der Waals surface area contributed by atoms with Crippen LogP contribution in [0.5, 0.6) is 0 Å². The van der Waals surface area contributed by atoms with Gasteiger partial charge < -0.3 is 4.90 Å². The molecule has 1 atom stereocenters. The average molecular weight is 252 g/mol. The monoisotopic (exact) mass is 251 g/mol. The molecule has 0 radical (unpaired) electrons. The van der Waals surface area contributed by atoms with Gasteiger partial charge in [0.05, 0.1) is 5.92 Å². The van der Waals surface area contributed by atoms with Crippen LogP contribution in [0.25, 0.3) is 0 Å². The summed E-state index contributed by atoms with van der Waals surface area (Å²) in [6.07, 6.45) is 0.218.